The summed E-state index contributed by atoms with van der Waals surface area (Å²) in [5.74, 6) is 0.811. The molecular formula is C26H24N4. The van der Waals surface area contributed by atoms with Gasteiger partial charge >= 0.3 is 0 Å². The summed E-state index contributed by atoms with van der Waals surface area (Å²) in [4.78, 5) is 13.6. The van der Waals surface area contributed by atoms with Crippen LogP contribution in [0.4, 0.5) is 11.5 Å². The van der Waals surface area contributed by atoms with Crippen LogP contribution in [-0.2, 0) is 6.42 Å². The number of aromatic nitrogens is 3. The molecule has 4 heteroatoms. The Morgan fingerprint density at radius 3 is 2.57 bits per heavy atom. The zero-order valence-electron chi connectivity index (χ0n) is 17.5. The topological polar surface area (TPSA) is 50.7 Å². The highest BCUT2D eigenvalue weighted by Crippen LogP contribution is 2.38. The van der Waals surface area contributed by atoms with Crippen molar-refractivity contribution in [1.82, 2.24) is 15.0 Å². The predicted octanol–water partition coefficient (Wildman–Crippen LogP) is 6.42. The van der Waals surface area contributed by atoms with E-state index in [9.17, 15) is 0 Å². The zero-order chi connectivity index (χ0) is 20.7. The van der Waals surface area contributed by atoms with E-state index in [0.717, 1.165) is 40.1 Å². The van der Waals surface area contributed by atoms with Crippen molar-refractivity contribution in [1.29, 1.82) is 0 Å². The Balaban J connectivity index is 1.56. The third-order valence-electron chi connectivity index (χ3n) is 5.66. The summed E-state index contributed by atoms with van der Waals surface area (Å²) >= 11 is 0. The Kier molecular flexibility index (Phi) is 4.35. The van der Waals surface area contributed by atoms with Crippen LogP contribution in [0.25, 0.3) is 28.2 Å². The van der Waals surface area contributed by atoms with E-state index in [0.29, 0.717) is 0 Å². The molecule has 1 N–H and O–H groups in total. The molecule has 0 atom stereocenters. The van der Waals surface area contributed by atoms with Crippen LogP contribution in [0.3, 0.4) is 0 Å². The Bertz CT molecular complexity index is 1270. The number of hydrogen-bond acceptors (Lipinski definition) is 4. The van der Waals surface area contributed by atoms with Crippen LogP contribution in [-0.4, -0.2) is 15.0 Å². The van der Waals surface area contributed by atoms with Crippen LogP contribution in [0.2, 0.25) is 0 Å². The number of hydrogen-bond donors (Lipinski definition) is 1. The molecule has 30 heavy (non-hydrogen) atoms. The molecule has 0 aliphatic heterocycles. The SMILES string of the molecule is CC(C)(C)C1=Cc2cc(Nc3nc(-c4ccncc4)cc4ncccc34)ccc2C1. The van der Waals surface area contributed by atoms with Gasteiger partial charge in [0.15, 0.2) is 0 Å². The van der Waals surface area contributed by atoms with Crippen LogP contribution in [0.15, 0.2) is 72.7 Å². The van der Waals surface area contributed by atoms with Crippen molar-refractivity contribution in [2.24, 2.45) is 5.41 Å². The highest BCUT2D eigenvalue weighted by atomic mass is 15.0. The summed E-state index contributed by atoms with van der Waals surface area (Å²) in [7, 11) is 0. The molecule has 1 aliphatic carbocycles. The number of fused-ring (bicyclic) bond motifs is 2. The fourth-order valence-electron chi connectivity index (χ4n) is 3.87. The first kappa shape index (κ1) is 18.5. The predicted molar refractivity (Wildman–Crippen MR) is 124 cm³/mol. The number of nitrogens with zero attached hydrogens (tertiary/aromatic N) is 3. The zero-order valence-corrected chi connectivity index (χ0v) is 17.5. The smallest absolute Gasteiger partial charge is 0.140 e. The summed E-state index contributed by atoms with van der Waals surface area (Å²) in [6, 6.07) is 16.5. The minimum atomic E-state index is 0.189. The number of anilines is 2. The van der Waals surface area contributed by atoms with E-state index in [-0.39, 0.29) is 5.41 Å². The van der Waals surface area contributed by atoms with Crippen molar-refractivity contribution in [3.8, 4) is 11.3 Å². The minimum absolute atomic E-state index is 0.189. The van der Waals surface area contributed by atoms with Crippen molar-refractivity contribution in [3.05, 3.63) is 83.8 Å². The molecule has 4 nitrogen and oxygen atoms in total. The van der Waals surface area contributed by atoms with E-state index in [1.807, 2.05) is 30.5 Å². The molecule has 0 saturated heterocycles. The lowest BCUT2D eigenvalue weighted by molar-refractivity contribution is 0.498. The van der Waals surface area contributed by atoms with Gasteiger partial charge in [-0.3, -0.25) is 9.97 Å². The average Bonchev–Trinajstić information content (AvgIpc) is 3.18. The second kappa shape index (κ2) is 7.06. The van der Waals surface area contributed by atoms with Gasteiger partial charge in [0.05, 0.1) is 11.2 Å². The summed E-state index contributed by atoms with van der Waals surface area (Å²) in [6.07, 6.45) is 8.75. The second-order valence-corrected chi connectivity index (χ2v) is 8.80. The number of nitrogens with one attached hydrogen (secondary N) is 1. The maximum Gasteiger partial charge on any atom is 0.140 e. The van der Waals surface area contributed by atoms with Crippen LogP contribution in [0.1, 0.15) is 31.9 Å². The Labute approximate surface area is 176 Å². The van der Waals surface area contributed by atoms with Gasteiger partial charge in [-0.1, -0.05) is 38.5 Å². The largest absolute Gasteiger partial charge is 0.340 e. The van der Waals surface area contributed by atoms with Crippen LogP contribution in [0, 0.1) is 5.41 Å². The maximum atomic E-state index is 4.92. The maximum absolute atomic E-state index is 4.92. The third-order valence-corrected chi connectivity index (χ3v) is 5.66. The fourth-order valence-corrected chi connectivity index (χ4v) is 3.87. The summed E-state index contributed by atoms with van der Waals surface area (Å²) in [5, 5.41) is 4.55. The monoisotopic (exact) mass is 392 g/mol. The average molecular weight is 393 g/mol. The van der Waals surface area contributed by atoms with Gasteiger partial charge in [0, 0.05) is 35.2 Å². The van der Waals surface area contributed by atoms with Crippen molar-refractivity contribution < 1.29 is 0 Å². The van der Waals surface area contributed by atoms with E-state index < -0.39 is 0 Å². The molecular weight excluding hydrogens is 368 g/mol. The summed E-state index contributed by atoms with van der Waals surface area (Å²) < 4.78 is 0. The Hall–Kier alpha value is -3.53. The second-order valence-electron chi connectivity index (χ2n) is 8.80. The molecule has 0 radical (unpaired) electrons. The molecule has 3 aromatic heterocycles. The highest BCUT2D eigenvalue weighted by molar-refractivity contribution is 5.93. The first-order chi connectivity index (χ1) is 14.5. The van der Waals surface area contributed by atoms with Gasteiger partial charge < -0.3 is 5.32 Å². The molecule has 0 fully saturated rings. The van der Waals surface area contributed by atoms with Crippen molar-refractivity contribution in [2.45, 2.75) is 27.2 Å². The molecule has 3 heterocycles. The third kappa shape index (κ3) is 3.45. The van der Waals surface area contributed by atoms with Gasteiger partial charge in [-0.15, -0.1) is 0 Å². The van der Waals surface area contributed by atoms with Crippen LogP contribution in [0.5, 0.6) is 0 Å². The first-order valence-electron chi connectivity index (χ1n) is 10.2. The molecule has 5 rings (SSSR count). The standard InChI is InChI=1S/C26H24N4/c1-26(2,3)20-13-18-6-7-21(15-19(18)14-20)29-25-22-5-4-10-28-24(22)16-23(30-25)17-8-11-27-12-9-17/h4-12,14-16H,13H2,1-3H3,(H,29,30). The van der Waals surface area contributed by atoms with E-state index in [1.165, 1.54) is 16.7 Å². The molecule has 0 unspecified atom stereocenters. The molecule has 4 aromatic rings. The number of pyridine rings is 3. The van der Waals surface area contributed by atoms with E-state index in [1.54, 1.807) is 12.4 Å². The number of benzene rings is 1. The number of rotatable bonds is 3. The lowest BCUT2D eigenvalue weighted by atomic mass is 9.85. The van der Waals surface area contributed by atoms with Gasteiger partial charge in [0.25, 0.3) is 0 Å². The van der Waals surface area contributed by atoms with E-state index in [4.69, 9.17) is 4.98 Å². The molecule has 148 valence electrons. The molecule has 0 amide bonds. The molecule has 0 spiro atoms. The van der Waals surface area contributed by atoms with Gasteiger partial charge in [0.1, 0.15) is 5.82 Å². The van der Waals surface area contributed by atoms with Gasteiger partial charge in [-0.2, -0.15) is 0 Å². The Morgan fingerprint density at radius 1 is 0.933 bits per heavy atom. The Morgan fingerprint density at radius 2 is 1.77 bits per heavy atom. The molecule has 1 aromatic carbocycles. The van der Waals surface area contributed by atoms with Gasteiger partial charge in [-0.05, 0) is 65.4 Å². The van der Waals surface area contributed by atoms with Crippen molar-refractivity contribution in [3.63, 3.8) is 0 Å². The van der Waals surface area contributed by atoms with Gasteiger partial charge in [-0.25, -0.2) is 4.98 Å². The normalized spacial score (nSPS) is 13.2. The number of allylic oxidation sites excluding steroid dienone is 1. The summed E-state index contributed by atoms with van der Waals surface area (Å²) in [6.45, 7) is 6.83. The van der Waals surface area contributed by atoms with Crippen molar-refractivity contribution in [2.75, 3.05) is 5.32 Å². The van der Waals surface area contributed by atoms with E-state index >= 15 is 0 Å². The lowest BCUT2D eigenvalue weighted by Crippen LogP contribution is -2.08. The minimum Gasteiger partial charge on any atom is -0.340 e. The van der Waals surface area contributed by atoms with Crippen LogP contribution >= 0.6 is 0 Å². The molecule has 0 saturated carbocycles. The quantitative estimate of drug-likeness (QED) is 0.437. The first-order valence-corrected chi connectivity index (χ1v) is 10.2. The van der Waals surface area contributed by atoms with E-state index in [2.05, 4.69) is 66.4 Å². The van der Waals surface area contributed by atoms with Gasteiger partial charge in [0.2, 0.25) is 0 Å². The van der Waals surface area contributed by atoms with Crippen molar-refractivity contribution >= 4 is 28.5 Å². The van der Waals surface area contributed by atoms with Crippen LogP contribution < -0.4 is 5.32 Å². The highest BCUT2D eigenvalue weighted by Gasteiger charge is 2.23. The molecule has 1 aliphatic rings. The fraction of sp³-hybridized carbons (Fsp3) is 0.192. The summed E-state index contributed by atoms with van der Waals surface area (Å²) in [5.41, 5.74) is 8.18. The lowest BCUT2D eigenvalue weighted by Gasteiger charge is -2.19. The molecule has 0 bridgehead atoms.